The molecule has 0 radical (unpaired) electrons. The van der Waals surface area contributed by atoms with Crippen LogP contribution in [0.1, 0.15) is 37.0 Å². The Morgan fingerprint density at radius 1 is 1.00 bits per heavy atom. The van der Waals surface area contributed by atoms with Crippen molar-refractivity contribution < 1.29 is 31.2 Å². The molecule has 1 atom stereocenters. The molecule has 0 saturated carbocycles. The second-order valence-corrected chi connectivity index (χ2v) is 11.7. The summed E-state index contributed by atoms with van der Waals surface area (Å²) >= 11 is 6.25. The Kier molecular flexibility index (Phi) is 10.4. The molecule has 0 spiro atoms. The number of benzene rings is 3. The van der Waals surface area contributed by atoms with Gasteiger partial charge in [-0.15, -0.1) is 0 Å². The fourth-order valence-electron chi connectivity index (χ4n) is 3.98. The van der Waals surface area contributed by atoms with Gasteiger partial charge in [-0.2, -0.15) is 13.2 Å². The molecule has 1 N–H and O–H groups in total. The van der Waals surface area contributed by atoms with Gasteiger partial charge in [0.2, 0.25) is 11.8 Å². The number of hydrogen-bond donors (Lipinski definition) is 1. The van der Waals surface area contributed by atoms with Crippen LogP contribution >= 0.6 is 11.6 Å². The van der Waals surface area contributed by atoms with Gasteiger partial charge < -0.3 is 10.2 Å². The molecule has 3 aromatic carbocycles. The van der Waals surface area contributed by atoms with Gasteiger partial charge in [0.15, 0.2) is 0 Å². The number of anilines is 1. The minimum atomic E-state index is -4.80. The second-order valence-electron chi connectivity index (χ2n) is 9.46. The van der Waals surface area contributed by atoms with E-state index in [1.807, 2.05) is 26.0 Å². The fourth-order valence-corrected chi connectivity index (χ4v) is 5.70. The van der Waals surface area contributed by atoms with Gasteiger partial charge in [-0.1, -0.05) is 66.6 Å². The Balaban J connectivity index is 2.11. The lowest BCUT2D eigenvalue weighted by atomic mass is 10.1. The highest BCUT2D eigenvalue weighted by molar-refractivity contribution is 7.92. The number of amides is 2. The third-order valence-electron chi connectivity index (χ3n) is 6.34. The highest BCUT2D eigenvalue weighted by Crippen LogP contribution is 2.37. The molecule has 0 aliphatic carbocycles. The van der Waals surface area contributed by atoms with Gasteiger partial charge in [0.05, 0.1) is 21.2 Å². The smallest absolute Gasteiger partial charge is 0.354 e. The third-order valence-corrected chi connectivity index (χ3v) is 8.44. The van der Waals surface area contributed by atoms with Crippen LogP contribution in [-0.2, 0) is 32.3 Å². The van der Waals surface area contributed by atoms with E-state index in [-0.39, 0.29) is 16.5 Å². The molecule has 220 valence electrons. The largest absolute Gasteiger partial charge is 0.416 e. The first-order chi connectivity index (χ1) is 19.3. The SMILES string of the molecule is CCCNC(=O)[C@H](C)N(Cc1ccc(C)cc1)C(=O)CN(c1cc(C(F)(F)F)ccc1Cl)S(=O)(=O)c1ccccc1. The van der Waals surface area contributed by atoms with Crippen LogP contribution in [0.25, 0.3) is 0 Å². The van der Waals surface area contributed by atoms with Crippen molar-refractivity contribution in [2.24, 2.45) is 0 Å². The van der Waals surface area contributed by atoms with E-state index in [4.69, 9.17) is 11.6 Å². The van der Waals surface area contributed by atoms with Gasteiger partial charge in [-0.05, 0) is 56.2 Å². The maximum absolute atomic E-state index is 13.9. The molecular weight excluding hydrogens is 579 g/mol. The molecule has 7 nitrogen and oxygen atoms in total. The summed E-state index contributed by atoms with van der Waals surface area (Å²) in [5, 5.41) is 2.42. The number of hydrogen-bond acceptors (Lipinski definition) is 4. The second kappa shape index (κ2) is 13.4. The molecule has 0 aromatic heterocycles. The van der Waals surface area contributed by atoms with Crippen LogP contribution in [0, 0.1) is 6.92 Å². The van der Waals surface area contributed by atoms with Crippen molar-refractivity contribution in [1.82, 2.24) is 10.2 Å². The van der Waals surface area contributed by atoms with Crippen LogP contribution < -0.4 is 9.62 Å². The minimum Gasteiger partial charge on any atom is -0.354 e. The van der Waals surface area contributed by atoms with E-state index in [0.29, 0.717) is 28.9 Å². The molecule has 0 bridgehead atoms. The molecule has 0 aliphatic heterocycles. The highest BCUT2D eigenvalue weighted by atomic mass is 35.5. The number of sulfonamides is 1. The molecule has 12 heteroatoms. The van der Waals surface area contributed by atoms with E-state index >= 15 is 0 Å². The Morgan fingerprint density at radius 2 is 1.63 bits per heavy atom. The van der Waals surface area contributed by atoms with Crippen molar-refractivity contribution in [3.63, 3.8) is 0 Å². The monoisotopic (exact) mass is 609 g/mol. The van der Waals surface area contributed by atoms with Crippen molar-refractivity contribution in [1.29, 1.82) is 0 Å². The van der Waals surface area contributed by atoms with Crippen LogP contribution in [0.5, 0.6) is 0 Å². The zero-order chi connectivity index (χ0) is 30.4. The van der Waals surface area contributed by atoms with Gasteiger partial charge >= 0.3 is 6.18 Å². The summed E-state index contributed by atoms with van der Waals surface area (Å²) in [6.45, 7) is 4.67. The lowest BCUT2D eigenvalue weighted by molar-refractivity contribution is -0.139. The molecule has 41 heavy (non-hydrogen) atoms. The van der Waals surface area contributed by atoms with E-state index < -0.39 is 51.9 Å². The zero-order valence-corrected chi connectivity index (χ0v) is 24.4. The number of aryl methyl sites for hydroxylation is 1. The summed E-state index contributed by atoms with van der Waals surface area (Å²) in [6, 6.07) is 15.4. The number of alkyl halides is 3. The van der Waals surface area contributed by atoms with Crippen LogP contribution in [0.2, 0.25) is 5.02 Å². The minimum absolute atomic E-state index is 0.0463. The quantitative estimate of drug-likeness (QED) is 0.297. The lowest BCUT2D eigenvalue weighted by Crippen LogP contribution is -2.51. The first kappa shape index (κ1) is 32.0. The average molecular weight is 610 g/mol. The van der Waals surface area contributed by atoms with E-state index in [2.05, 4.69) is 5.32 Å². The average Bonchev–Trinajstić information content (AvgIpc) is 2.94. The number of carbonyl (C=O) groups is 2. The van der Waals surface area contributed by atoms with Gasteiger partial charge in [0, 0.05) is 13.1 Å². The van der Waals surface area contributed by atoms with E-state index in [1.165, 1.54) is 36.1 Å². The predicted molar refractivity (Wildman–Crippen MR) is 152 cm³/mol. The lowest BCUT2D eigenvalue weighted by Gasteiger charge is -2.32. The molecular formula is C29H31ClF3N3O4S. The number of halogens is 4. The van der Waals surface area contributed by atoms with Crippen molar-refractivity contribution in [2.75, 3.05) is 17.4 Å². The molecule has 0 unspecified atom stereocenters. The molecule has 0 aliphatic rings. The third kappa shape index (κ3) is 8.01. The maximum Gasteiger partial charge on any atom is 0.416 e. The first-order valence-corrected chi connectivity index (χ1v) is 14.6. The molecule has 3 aromatic rings. The molecule has 0 fully saturated rings. The number of rotatable bonds is 11. The maximum atomic E-state index is 13.9. The standard InChI is InChI=1S/C29H31ClF3N3O4S/c1-4-16-34-28(38)21(3)35(18-22-12-10-20(2)11-13-22)27(37)19-36(41(39,40)24-8-6-5-7-9-24)26-17-23(29(31,32)33)14-15-25(26)30/h5-15,17,21H,4,16,18-19H2,1-3H3,(H,34,38)/t21-/m0/s1. The molecule has 3 rings (SSSR count). The summed E-state index contributed by atoms with van der Waals surface area (Å²) in [6.07, 6.45) is -4.14. The number of carbonyl (C=O) groups excluding carboxylic acids is 2. The molecule has 0 saturated heterocycles. The van der Waals surface area contributed by atoms with E-state index in [0.717, 1.165) is 17.7 Å². The van der Waals surface area contributed by atoms with Crippen molar-refractivity contribution in [3.05, 3.63) is 94.5 Å². The zero-order valence-electron chi connectivity index (χ0n) is 22.8. The Morgan fingerprint density at radius 3 is 2.22 bits per heavy atom. The van der Waals surface area contributed by atoms with Crippen molar-refractivity contribution in [3.8, 4) is 0 Å². The van der Waals surface area contributed by atoms with E-state index in [9.17, 15) is 31.2 Å². The van der Waals surface area contributed by atoms with Crippen LogP contribution in [-0.4, -0.2) is 44.3 Å². The predicted octanol–water partition coefficient (Wildman–Crippen LogP) is 5.81. The van der Waals surface area contributed by atoms with Crippen LogP contribution in [0.3, 0.4) is 0 Å². The Hall–Kier alpha value is -3.57. The normalized spacial score (nSPS) is 12.5. The summed E-state index contributed by atoms with van der Waals surface area (Å²) < 4.78 is 68.9. The fraction of sp³-hybridized carbons (Fsp3) is 0.310. The Labute approximate surface area is 243 Å². The number of nitrogens with zero attached hydrogens (tertiary/aromatic N) is 2. The summed E-state index contributed by atoms with van der Waals surface area (Å²) in [5.41, 5.74) is -0.00755. The summed E-state index contributed by atoms with van der Waals surface area (Å²) in [4.78, 5) is 27.7. The topological polar surface area (TPSA) is 86.8 Å². The van der Waals surface area contributed by atoms with Crippen LogP contribution in [0.4, 0.5) is 18.9 Å². The molecule has 2 amide bonds. The number of nitrogens with one attached hydrogen (secondary N) is 1. The van der Waals surface area contributed by atoms with Gasteiger partial charge in [0.1, 0.15) is 12.6 Å². The highest BCUT2D eigenvalue weighted by Gasteiger charge is 2.36. The summed E-state index contributed by atoms with van der Waals surface area (Å²) in [7, 11) is -4.57. The van der Waals surface area contributed by atoms with Gasteiger partial charge in [0.25, 0.3) is 10.0 Å². The molecule has 0 heterocycles. The summed E-state index contributed by atoms with van der Waals surface area (Å²) in [5.74, 6) is -1.26. The van der Waals surface area contributed by atoms with Crippen molar-refractivity contribution in [2.45, 2.75) is 50.9 Å². The van der Waals surface area contributed by atoms with Gasteiger partial charge in [-0.25, -0.2) is 8.42 Å². The Bertz CT molecular complexity index is 1470. The van der Waals surface area contributed by atoms with Crippen molar-refractivity contribution >= 4 is 39.1 Å². The van der Waals surface area contributed by atoms with Crippen LogP contribution in [0.15, 0.2) is 77.7 Å². The first-order valence-electron chi connectivity index (χ1n) is 12.8. The van der Waals surface area contributed by atoms with E-state index in [1.54, 1.807) is 18.2 Å². The van der Waals surface area contributed by atoms with Gasteiger partial charge in [-0.3, -0.25) is 13.9 Å².